The molecular weight excluding hydrogens is 118 g/mol. The quantitative estimate of drug-likeness (QED) is 0.370. The first-order valence-electron chi connectivity index (χ1n) is 2.91. The molecule has 0 aliphatic heterocycles. The molecule has 0 heterocycles. The van der Waals surface area contributed by atoms with Gasteiger partial charge in [-0.15, -0.1) is 0 Å². The highest BCUT2D eigenvalue weighted by atomic mass is 32.1. The third-order valence-electron chi connectivity index (χ3n) is 1.38. The lowest BCUT2D eigenvalue weighted by atomic mass is 10.0. The van der Waals surface area contributed by atoms with Crippen LogP contribution in [-0.4, -0.2) is 11.3 Å². The number of hydrogen-bond acceptors (Lipinski definition) is 2. The molecule has 0 bridgehead atoms. The summed E-state index contributed by atoms with van der Waals surface area (Å²) in [5.41, 5.74) is 5.58. The van der Waals surface area contributed by atoms with Crippen LogP contribution in [0.5, 0.6) is 0 Å². The van der Waals surface area contributed by atoms with Crippen LogP contribution in [0.1, 0.15) is 12.8 Å². The van der Waals surface area contributed by atoms with Gasteiger partial charge in [0.05, 0.1) is 0 Å². The van der Waals surface area contributed by atoms with Gasteiger partial charge in [-0.2, -0.15) is 12.6 Å². The Bertz CT molecular complexity index is 88.7. The first-order valence-corrected chi connectivity index (χ1v) is 3.42. The van der Waals surface area contributed by atoms with Crippen molar-refractivity contribution in [1.82, 2.24) is 0 Å². The molecule has 2 atom stereocenters. The van der Waals surface area contributed by atoms with Crippen molar-refractivity contribution in [2.75, 3.05) is 0 Å². The van der Waals surface area contributed by atoms with Gasteiger partial charge < -0.3 is 5.73 Å². The summed E-state index contributed by atoms with van der Waals surface area (Å²) in [7, 11) is 0. The minimum atomic E-state index is 0.290. The van der Waals surface area contributed by atoms with Crippen LogP contribution in [0.25, 0.3) is 0 Å². The molecule has 0 spiro atoms. The summed E-state index contributed by atoms with van der Waals surface area (Å²) in [5.74, 6) is 0. The summed E-state index contributed by atoms with van der Waals surface area (Å²) in [4.78, 5) is 0. The molecule has 0 amide bonds. The van der Waals surface area contributed by atoms with Crippen molar-refractivity contribution in [2.45, 2.75) is 24.1 Å². The Morgan fingerprint density at radius 3 is 2.50 bits per heavy atom. The zero-order valence-electron chi connectivity index (χ0n) is 4.75. The van der Waals surface area contributed by atoms with Gasteiger partial charge in [0.15, 0.2) is 0 Å². The van der Waals surface area contributed by atoms with Crippen LogP contribution in [-0.2, 0) is 0 Å². The van der Waals surface area contributed by atoms with E-state index in [1.165, 1.54) is 0 Å². The Hall–Kier alpha value is 0.0500. The molecule has 2 heteroatoms. The van der Waals surface area contributed by atoms with E-state index in [4.69, 9.17) is 5.73 Å². The fourth-order valence-corrected chi connectivity index (χ4v) is 1.08. The number of nitrogens with two attached hydrogens (primary N) is 1. The van der Waals surface area contributed by atoms with Crippen molar-refractivity contribution in [3.8, 4) is 0 Å². The second-order valence-electron chi connectivity index (χ2n) is 2.19. The maximum atomic E-state index is 5.58. The van der Waals surface area contributed by atoms with Crippen LogP contribution in [0.2, 0.25) is 0 Å². The second kappa shape index (κ2) is 2.55. The molecule has 1 aliphatic rings. The predicted octanol–water partition coefficient (Wildman–Crippen LogP) is 0.962. The number of rotatable bonds is 0. The topological polar surface area (TPSA) is 26.0 Å². The molecule has 0 radical (unpaired) electrons. The Balaban J connectivity index is 2.42. The van der Waals surface area contributed by atoms with Gasteiger partial charge in [0.2, 0.25) is 0 Å². The van der Waals surface area contributed by atoms with E-state index in [2.05, 4.69) is 18.7 Å². The van der Waals surface area contributed by atoms with E-state index in [0.717, 1.165) is 12.8 Å². The minimum Gasteiger partial charge on any atom is -0.324 e. The molecule has 0 saturated heterocycles. The molecule has 1 aliphatic carbocycles. The fourth-order valence-electron chi connectivity index (χ4n) is 0.827. The Labute approximate surface area is 55.4 Å². The fraction of sp³-hybridized carbons (Fsp3) is 0.667. The summed E-state index contributed by atoms with van der Waals surface area (Å²) in [5, 5.41) is 0.454. The summed E-state index contributed by atoms with van der Waals surface area (Å²) >= 11 is 4.26. The highest BCUT2D eigenvalue weighted by molar-refractivity contribution is 7.81. The lowest BCUT2D eigenvalue weighted by Gasteiger charge is -2.14. The van der Waals surface area contributed by atoms with Crippen LogP contribution in [0.15, 0.2) is 12.2 Å². The average Bonchev–Trinajstić information content (AvgIpc) is 1.77. The van der Waals surface area contributed by atoms with Gasteiger partial charge in [0.25, 0.3) is 0 Å². The summed E-state index contributed by atoms with van der Waals surface area (Å²) in [6, 6.07) is 0.290. The molecule has 0 aromatic heterocycles. The van der Waals surface area contributed by atoms with Crippen molar-refractivity contribution in [1.29, 1.82) is 0 Å². The van der Waals surface area contributed by atoms with Crippen LogP contribution in [0, 0.1) is 0 Å². The molecular formula is C6H11NS. The van der Waals surface area contributed by atoms with Crippen molar-refractivity contribution < 1.29 is 0 Å². The zero-order valence-corrected chi connectivity index (χ0v) is 5.64. The number of thiol groups is 1. The van der Waals surface area contributed by atoms with Gasteiger partial charge >= 0.3 is 0 Å². The second-order valence-corrected chi connectivity index (χ2v) is 2.86. The minimum absolute atomic E-state index is 0.290. The van der Waals surface area contributed by atoms with Gasteiger partial charge in [-0.25, -0.2) is 0 Å². The smallest absolute Gasteiger partial charge is 0.0224 e. The van der Waals surface area contributed by atoms with Gasteiger partial charge in [-0.1, -0.05) is 12.2 Å². The summed E-state index contributed by atoms with van der Waals surface area (Å²) < 4.78 is 0. The van der Waals surface area contributed by atoms with Crippen molar-refractivity contribution in [3.05, 3.63) is 12.2 Å². The monoisotopic (exact) mass is 129 g/mol. The molecule has 1 rings (SSSR count). The third-order valence-corrected chi connectivity index (χ3v) is 1.81. The van der Waals surface area contributed by atoms with Crippen LogP contribution < -0.4 is 5.73 Å². The lowest BCUT2D eigenvalue weighted by Crippen LogP contribution is -2.21. The molecule has 1 unspecified atom stereocenters. The van der Waals surface area contributed by atoms with Crippen LogP contribution in [0.3, 0.4) is 0 Å². The first-order chi connectivity index (χ1) is 3.79. The van der Waals surface area contributed by atoms with E-state index in [0.29, 0.717) is 11.3 Å². The average molecular weight is 129 g/mol. The van der Waals surface area contributed by atoms with Crippen molar-refractivity contribution in [2.24, 2.45) is 5.73 Å². The summed E-state index contributed by atoms with van der Waals surface area (Å²) in [6.07, 6.45) is 6.31. The standard InChI is InChI=1S/C6H11NS/c7-5-1-3-6(8)4-2-5/h1,3,5-6,8H,2,4,7H2/t5?,6-/m0/s1. The van der Waals surface area contributed by atoms with E-state index in [1.54, 1.807) is 0 Å². The lowest BCUT2D eigenvalue weighted by molar-refractivity contribution is 0.654. The zero-order chi connectivity index (χ0) is 5.98. The van der Waals surface area contributed by atoms with E-state index >= 15 is 0 Å². The van der Waals surface area contributed by atoms with Gasteiger partial charge in [0.1, 0.15) is 0 Å². The van der Waals surface area contributed by atoms with Crippen LogP contribution in [0.4, 0.5) is 0 Å². The molecule has 0 fully saturated rings. The van der Waals surface area contributed by atoms with Gasteiger partial charge in [-0.3, -0.25) is 0 Å². The van der Waals surface area contributed by atoms with Gasteiger partial charge in [0, 0.05) is 11.3 Å². The third kappa shape index (κ3) is 1.53. The molecule has 46 valence electrons. The van der Waals surface area contributed by atoms with E-state index in [1.807, 2.05) is 6.08 Å². The Morgan fingerprint density at radius 2 is 2.12 bits per heavy atom. The largest absolute Gasteiger partial charge is 0.324 e. The molecule has 0 aromatic rings. The van der Waals surface area contributed by atoms with Crippen molar-refractivity contribution in [3.63, 3.8) is 0 Å². The van der Waals surface area contributed by atoms with E-state index in [-0.39, 0.29) is 0 Å². The normalized spacial score (nSPS) is 37.8. The Morgan fingerprint density at radius 1 is 1.38 bits per heavy atom. The highest BCUT2D eigenvalue weighted by Gasteiger charge is 2.07. The molecule has 0 aromatic carbocycles. The highest BCUT2D eigenvalue weighted by Crippen LogP contribution is 2.13. The summed E-state index contributed by atoms with van der Waals surface area (Å²) in [6.45, 7) is 0. The van der Waals surface area contributed by atoms with Crippen molar-refractivity contribution >= 4 is 12.6 Å². The SMILES string of the molecule is NC1C=C[C@H](S)CC1. The maximum Gasteiger partial charge on any atom is 0.0224 e. The van der Waals surface area contributed by atoms with Gasteiger partial charge in [-0.05, 0) is 12.8 Å². The predicted molar refractivity (Wildman–Crippen MR) is 39.1 cm³/mol. The van der Waals surface area contributed by atoms with E-state index < -0.39 is 0 Å². The molecule has 1 nitrogen and oxygen atoms in total. The van der Waals surface area contributed by atoms with Crippen LogP contribution >= 0.6 is 12.6 Å². The number of hydrogen-bond donors (Lipinski definition) is 2. The molecule has 2 N–H and O–H groups in total. The first kappa shape index (κ1) is 6.17. The Kier molecular flexibility index (Phi) is 1.97. The molecule has 0 saturated carbocycles. The molecule has 8 heavy (non-hydrogen) atoms. The maximum absolute atomic E-state index is 5.58. The van der Waals surface area contributed by atoms with E-state index in [9.17, 15) is 0 Å².